The molecule has 0 unspecified atom stereocenters. The van der Waals surface area contributed by atoms with E-state index in [0.29, 0.717) is 38.3 Å². The highest BCUT2D eigenvalue weighted by Crippen LogP contribution is 2.21. The molecule has 1 fully saturated rings. The summed E-state index contributed by atoms with van der Waals surface area (Å²) in [4.78, 5) is 26.3. The van der Waals surface area contributed by atoms with Crippen molar-refractivity contribution in [3.63, 3.8) is 0 Å². The summed E-state index contributed by atoms with van der Waals surface area (Å²) >= 11 is 0. The van der Waals surface area contributed by atoms with E-state index in [1.165, 1.54) is 10.6 Å². The molecule has 1 atom stereocenters. The minimum Gasteiger partial charge on any atom is -0.379 e. The van der Waals surface area contributed by atoms with E-state index in [-0.39, 0.29) is 17.9 Å². The SMILES string of the molecule is CN1N=C(C(=O)NC[C@@H](c2ccccc2)N2CCOCC2)CCC1=O. The second-order valence-electron chi connectivity index (χ2n) is 6.25. The highest BCUT2D eigenvalue weighted by Gasteiger charge is 2.25. The van der Waals surface area contributed by atoms with Gasteiger partial charge in [-0.05, 0) is 5.56 Å². The van der Waals surface area contributed by atoms with Crippen molar-refractivity contribution in [1.82, 2.24) is 15.2 Å². The molecule has 0 aliphatic carbocycles. The van der Waals surface area contributed by atoms with Crippen LogP contribution in [0.4, 0.5) is 0 Å². The first-order chi connectivity index (χ1) is 12.1. The molecule has 0 radical (unpaired) electrons. The molecule has 1 saturated heterocycles. The summed E-state index contributed by atoms with van der Waals surface area (Å²) in [5.41, 5.74) is 1.58. The van der Waals surface area contributed by atoms with Crippen molar-refractivity contribution >= 4 is 17.5 Å². The van der Waals surface area contributed by atoms with E-state index < -0.39 is 0 Å². The molecule has 7 nitrogen and oxygen atoms in total. The lowest BCUT2D eigenvalue weighted by Crippen LogP contribution is -2.45. The first-order valence-electron chi connectivity index (χ1n) is 8.64. The quantitative estimate of drug-likeness (QED) is 0.857. The molecule has 134 valence electrons. The zero-order valence-corrected chi connectivity index (χ0v) is 14.5. The molecule has 2 aliphatic rings. The maximum absolute atomic E-state index is 12.4. The third kappa shape index (κ3) is 4.43. The summed E-state index contributed by atoms with van der Waals surface area (Å²) in [6, 6.07) is 10.3. The van der Waals surface area contributed by atoms with Gasteiger partial charge in [0.15, 0.2) is 0 Å². The molecule has 25 heavy (non-hydrogen) atoms. The Morgan fingerprint density at radius 2 is 1.96 bits per heavy atom. The molecule has 0 saturated carbocycles. The number of nitrogens with one attached hydrogen (secondary N) is 1. The Balaban J connectivity index is 1.67. The van der Waals surface area contributed by atoms with Gasteiger partial charge in [-0.1, -0.05) is 30.3 Å². The highest BCUT2D eigenvalue weighted by molar-refractivity contribution is 6.39. The van der Waals surface area contributed by atoms with Gasteiger partial charge in [0.1, 0.15) is 5.71 Å². The van der Waals surface area contributed by atoms with E-state index in [0.717, 1.165) is 13.1 Å². The average Bonchev–Trinajstić information content (AvgIpc) is 2.66. The molecular formula is C18H24N4O3. The van der Waals surface area contributed by atoms with Gasteiger partial charge < -0.3 is 10.1 Å². The molecule has 2 aliphatic heterocycles. The number of carbonyl (C=O) groups excluding carboxylic acids is 2. The predicted octanol–water partition coefficient (Wildman–Crippen LogP) is 0.784. The molecule has 1 aromatic rings. The number of morpholine rings is 1. The fourth-order valence-corrected chi connectivity index (χ4v) is 3.15. The van der Waals surface area contributed by atoms with Crippen LogP contribution in [0.15, 0.2) is 35.4 Å². The molecule has 2 heterocycles. The van der Waals surface area contributed by atoms with E-state index in [1.807, 2.05) is 18.2 Å². The van der Waals surface area contributed by atoms with Gasteiger partial charge >= 0.3 is 0 Å². The fourth-order valence-electron chi connectivity index (χ4n) is 3.15. The molecule has 0 bridgehead atoms. The summed E-state index contributed by atoms with van der Waals surface area (Å²) in [7, 11) is 1.58. The zero-order chi connectivity index (χ0) is 17.6. The Labute approximate surface area is 147 Å². The van der Waals surface area contributed by atoms with E-state index in [2.05, 4.69) is 27.5 Å². The van der Waals surface area contributed by atoms with Gasteiger partial charge in [-0.15, -0.1) is 0 Å². The van der Waals surface area contributed by atoms with E-state index in [1.54, 1.807) is 7.05 Å². The van der Waals surface area contributed by atoms with E-state index in [4.69, 9.17) is 4.74 Å². The highest BCUT2D eigenvalue weighted by atomic mass is 16.5. The first-order valence-corrected chi connectivity index (χ1v) is 8.64. The number of hydrazone groups is 1. The average molecular weight is 344 g/mol. The van der Waals surface area contributed by atoms with Crippen molar-refractivity contribution in [3.8, 4) is 0 Å². The van der Waals surface area contributed by atoms with Crippen molar-refractivity contribution in [2.24, 2.45) is 5.10 Å². The smallest absolute Gasteiger partial charge is 0.267 e. The number of hydrogen-bond acceptors (Lipinski definition) is 5. The van der Waals surface area contributed by atoms with Crippen molar-refractivity contribution in [3.05, 3.63) is 35.9 Å². The largest absolute Gasteiger partial charge is 0.379 e. The van der Waals surface area contributed by atoms with E-state index in [9.17, 15) is 9.59 Å². The lowest BCUT2D eigenvalue weighted by molar-refractivity contribution is -0.130. The third-order valence-corrected chi connectivity index (χ3v) is 4.60. The summed E-state index contributed by atoms with van der Waals surface area (Å²) in [6.45, 7) is 3.59. The van der Waals surface area contributed by atoms with Crippen LogP contribution < -0.4 is 5.32 Å². The van der Waals surface area contributed by atoms with Gasteiger partial charge in [0.25, 0.3) is 5.91 Å². The lowest BCUT2D eigenvalue weighted by Gasteiger charge is -2.35. The predicted molar refractivity (Wildman–Crippen MR) is 94.0 cm³/mol. The van der Waals surface area contributed by atoms with Crippen LogP contribution >= 0.6 is 0 Å². The fraction of sp³-hybridized carbons (Fsp3) is 0.500. The number of nitrogens with zero attached hydrogens (tertiary/aromatic N) is 3. The number of hydrogen-bond donors (Lipinski definition) is 1. The van der Waals surface area contributed by atoms with Gasteiger partial charge in [-0.3, -0.25) is 14.5 Å². The van der Waals surface area contributed by atoms with Crippen LogP contribution in [-0.4, -0.2) is 67.3 Å². The number of amides is 2. The van der Waals surface area contributed by atoms with Gasteiger partial charge in [0.05, 0.1) is 19.3 Å². The van der Waals surface area contributed by atoms with Crippen molar-refractivity contribution in [2.45, 2.75) is 18.9 Å². The van der Waals surface area contributed by atoms with Gasteiger partial charge in [-0.25, -0.2) is 5.01 Å². The van der Waals surface area contributed by atoms with Crippen LogP contribution in [0.2, 0.25) is 0 Å². The third-order valence-electron chi connectivity index (χ3n) is 4.60. The topological polar surface area (TPSA) is 74.2 Å². The molecule has 1 aromatic carbocycles. The summed E-state index contributed by atoms with van der Waals surface area (Å²) < 4.78 is 5.44. The van der Waals surface area contributed by atoms with Crippen LogP contribution in [0.1, 0.15) is 24.4 Å². The number of carbonyl (C=O) groups is 2. The van der Waals surface area contributed by atoms with Crippen LogP contribution in [0.5, 0.6) is 0 Å². The van der Waals surface area contributed by atoms with Crippen LogP contribution in [0, 0.1) is 0 Å². The normalized spacial score (nSPS) is 20.1. The second kappa shape index (κ2) is 8.22. The van der Waals surface area contributed by atoms with Gasteiger partial charge in [0, 0.05) is 39.5 Å². The molecule has 0 aromatic heterocycles. The summed E-state index contributed by atoms with van der Waals surface area (Å²) in [5.74, 6) is -0.263. The molecule has 0 spiro atoms. The van der Waals surface area contributed by atoms with Crippen molar-refractivity contribution in [2.75, 3.05) is 39.9 Å². The standard InChI is InChI=1S/C18H24N4O3/c1-21-17(23)8-7-15(20-21)18(24)19-13-16(14-5-3-2-4-6-14)22-9-11-25-12-10-22/h2-6,16H,7-13H2,1H3,(H,19,24)/t16-/m0/s1. The molecule has 2 amide bonds. The maximum atomic E-state index is 12.4. The first kappa shape index (κ1) is 17.6. The lowest BCUT2D eigenvalue weighted by atomic mass is 10.0. The van der Waals surface area contributed by atoms with Crippen molar-refractivity contribution < 1.29 is 14.3 Å². The van der Waals surface area contributed by atoms with Crippen LogP contribution in [0.3, 0.4) is 0 Å². The Morgan fingerprint density at radius 1 is 1.24 bits per heavy atom. The summed E-state index contributed by atoms with van der Waals surface area (Å²) in [6.07, 6.45) is 0.719. The Morgan fingerprint density at radius 3 is 2.64 bits per heavy atom. The maximum Gasteiger partial charge on any atom is 0.267 e. The Kier molecular flexibility index (Phi) is 5.78. The van der Waals surface area contributed by atoms with Crippen LogP contribution in [0.25, 0.3) is 0 Å². The van der Waals surface area contributed by atoms with E-state index >= 15 is 0 Å². The summed E-state index contributed by atoms with van der Waals surface area (Å²) in [5, 5.41) is 8.32. The minimum atomic E-state index is -0.200. The molecule has 1 N–H and O–H groups in total. The van der Waals surface area contributed by atoms with Crippen LogP contribution in [-0.2, 0) is 14.3 Å². The number of benzene rings is 1. The monoisotopic (exact) mass is 344 g/mol. The number of rotatable bonds is 5. The molecule has 7 heteroatoms. The second-order valence-corrected chi connectivity index (χ2v) is 6.25. The molecule has 3 rings (SSSR count). The zero-order valence-electron chi connectivity index (χ0n) is 14.5. The number of ether oxygens (including phenoxy) is 1. The van der Waals surface area contributed by atoms with Gasteiger partial charge in [-0.2, -0.15) is 5.10 Å². The van der Waals surface area contributed by atoms with Gasteiger partial charge in [0.2, 0.25) is 5.91 Å². The van der Waals surface area contributed by atoms with Crippen molar-refractivity contribution in [1.29, 1.82) is 0 Å². The molecular weight excluding hydrogens is 320 g/mol. The Hall–Kier alpha value is -2.25. The minimum absolute atomic E-state index is 0.0629. The Bertz CT molecular complexity index is 641.